The van der Waals surface area contributed by atoms with E-state index in [2.05, 4.69) is 21.0 Å². The minimum Gasteiger partial charge on any atom is -0.506 e. The van der Waals surface area contributed by atoms with Gasteiger partial charge in [0.05, 0.1) is 0 Å². The summed E-state index contributed by atoms with van der Waals surface area (Å²) < 4.78 is 1.61. The fraction of sp³-hybridized carbons (Fsp3) is 0.250. The molecule has 0 fully saturated rings. The Morgan fingerprint density at radius 3 is 2.42 bits per heavy atom. The summed E-state index contributed by atoms with van der Waals surface area (Å²) in [6.07, 6.45) is 0. The quantitative estimate of drug-likeness (QED) is 0.692. The molecule has 2 aromatic rings. The Bertz CT molecular complexity index is 596. The van der Waals surface area contributed by atoms with E-state index < -0.39 is 0 Å². The van der Waals surface area contributed by atoms with Crippen LogP contribution in [0, 0.1) is 0 Å². The molecule has 0 aliphatic rings. The molecule has 0 amide bonds. The molecule has 0 unspecified atom stereocenters. The Hall–Kier alpha value is -2.08. The van der Waals surface area contributed by atoms with E-state index >= 15 is 0 Å². The number of anilines is 3. The van der Waals surface area contributed by atoms with Crippen LogP contribution in [0.3, 0.4) is 0 Å². The second kappa shape index (κ2) is 5.27. The first-order chi connectivity index (χ1) is 9.12. The van der Waals surface area contributed by atoms with Gasteiger partial charge in [-0.3, -0.25) is 0 Å². The molecule has 0 spiro atoms. The van der Waals surface area contributed by atoms with Gasteiger partial charge in [0.15, 0.2) is 11.6 Å². The third-order valence-corrected chi connectivity index (χ3v) is 3.01. The zero-order valence-electron chi connectivity index (χ0n) is 11.0. The van der Waals surface area contributed by atoms with Crippen LogP contribution in [0.2, 0.25) is 5.02 Å². The molecule has 0 saturated heterocycles. The molecule has 0 aliphatic carbocycles. The molecule has 1 heterocycles. The molecule has 6 nitrogen and oxygen atoms in total. The second-order valence-corrected chi connectivity index (χ2v) is 4.30. The Balaban J connectivity index is 2.64. The molecule has 19 heavy (non-hydrogen) atoms. The van der Waals surface area contributed by atoms with Crippen molar-refractivity contribution in [3.8, 4) is 11.4 Å². The van der Waals surface area contributed by atoms with Crippen LogP contribution in [-0.2, 0) is 0 Å². The lowest BCUT2D eigenvalue weighted by Gasteiger charge is -2.10. The average Bonchev–Trinajstić information content (AvgIpc) is 2.76. The molecule has 0 saturated carbocycles. The topological polar surface area (TPSA) is 74.1 Å². The fourth-order valence-corrected chi connectivity index (χ4v) is 2.08. The van der Waals surface area contributed by atoms with Gasteiger partial charge < -0.3 is 21.1 Å². The number of rotatable bonds is 4. The first-order valence-electron chi connectivity index (χ1n) is 5.77. The largest absolute Gasteiger partial charge is 0.506 e. The molecule has 4 N–H and O–H groups in total. The van der Waals surface area contributed by atoms with Crippen LogP contribution in [0.1, 0.15) is 0 Å². The van der Waals surface area contributed by atoms with Crippen molar-refractivity contribution in [3.63, 3.8) is 0 Å². The van der Waals surface area contributed by atoms with Gasteiger partial charge in [-0.05, 0) is 12.1 Å². The van der Waals surface area contributed by atoms with Gasteiger partial charge in [-0.25, -0.2) is 4.68 Å². The minimum atomic E-state index is 0.0665. The maximum atomic E-state index is 10.00. The van der Waals surface area contributed by atoms with Gasteiger partial charge in [0, 0.05) is 32.2 Å². The van der Waals surface area contributed by atoms with Crippen LogP contribution in [0.4, 0.5) is 17.3 Å². The molecule has 0 bridgehead atoms. The van der Waals surface area contributed by atoms with Crippen molar-refractivity contribution in [2.24, 2.45) is 0 Å². The number of nitrogens with one attached hydrogen (secondary N) is 3. The highest BCUT2D eigenvalue weighted by Crippen LogP contribution is 2.35. The van der Waals surface area contributed by atoms with Crippen LogP contribution >= 0.6 is 11.6 Å². The number of halogens is 1. The third-order valence-electron chi connectivity index (χ3n) is 2.77. The summed E-state index contributed by atoms with van der Waals surface area (Å²) in [7, 11) is 5.39. The number of phenolic OH excluding ortho intramolecular Hbond substituents is 1. The maximum Gasteiger partial charge on any atom is 0.174 e. The van der Waals surface area contributed by atoms with Crippen molar-refractivity contribution in [1.29, 1.82) is 0 Å². The standard InChI is InChI=1S/C12H16ClN5O/c1-14-10-11(15-2)17-18(12(10)16-3)8-5-4-7(13)6-9(8)19/h4-6,14,16,19H,1-3H3,(H,15,17). The monoisotopic (exact) mass is 281 g/mol. The van der Waals surface area contributed by atoms with Crippen molar-refractivity contribution in [1.82, 2.24) is 9.78 Å². The Kier molecular flexibility index (Phi) is 3.71. The van der Waals surface area contributed by atoms with E-state index in [9.17, 15) is 5.11 Å². The average molecular weight is 282 g/mol. The number of hydrogen-bond donors (Lipinski definition) is 4. The highest BCUT2D eigenvalue weighted by Gasteiger charge is 2.18. The molecular weight excluding hydrogens is 266 g/mol. The number of hydrogen-bond acceptors (Lipinski definition) is 5. The molecule has 7 heteroatoms. The van der Waals surface area contributed by atoms with Crippen molar-refractivity contribution in [2.75, 3.05) is 37.1 Å². The van der Waals surface area contributed by atoms with E-state index in [-0.39, 0.29) is 5.75 Å². The number of aromatic nitrogens is 2. The zero-order chi connectivity index (χ0) is 14.0. The third kappa shape index (κ3) is 2.26. The molecule has 0 radical (unpaired) electrons. The van der Waals surface area contributed by atoms with E-state index in [1.54, 1.807) is 30.9 Å². The van der Waals surface area contributed by atoms with Crippen molar-refractivity contribution >= 4 is 28.9 Å². The van der Waals surface area contributed by atoms with Crippen LogP contribution in [0.25, 0.3) is 5.69 Å². The summed E-state index contributed by atoms with van der Waals surface area (Å²) in [6.45, 7) is 0. The SMILES string of the molecule is CNc1nn(-c2ccc(Cl)cc2O)c(NC)c1NC. The maximum absolute atomic E-state index is 10.00. The summed E-state index contributed by atoms with van der Waals surface area (Å²) in [5, 5.41) is 24.0. The van der Waals surface area contributed by atoms with E-state index in [1.165, 1.54) is 6.07 Å². The smallest absolute Gasteiger partial charge is 0.174 e. The predicted octanol–water partition coefficient (Wildman–Crippen LogP) is 2.36. The van der Waals surface area contributed by atoms with Crippen molar-refractivity contribution < 1.29 is 5.11 Å². The number of aromatic hydroxyl groups is 1. The predicted molar refractivity (Wildman–Crippen MR) is 78.9 cm³/mol. The van der Waals surface area contributed by atoms with Gasteiger partial charge in [0.2, 0.25) is 0 Å². The number of benzene rings is 1. The van der Waals surface area contributed by atoms with Gasteiger partial charge in [-0.1, -0.05) is 11.6 Å². The van der Waals surface area contributed by atoms with Gasteiger partial charge in [-0.15, -0.1) is 5.10 Å². The van der Waals surface area contributed by atoms with Crippen LogP contribution < -0.4 is 16.0 Å². The molecule has 102 valence electrons. The summed E-state index contributed by atoms with van der Waals surface area (Å²) >= 11 is 5.84. The number of nitrogens with zero attached hydrogens (tertiary/aromatic N) is 2. The summed E-state index contributed by atoms with van der Waals surface area (Å²) in [4.78, 5) is 0. The van der Waals surface area contributed by atoms with E-state index in [1.807, 2.05) is 7.05 Å². The minimum absolute atomic E-state index is 0.0665. The first kappa shape index (κ1) is 13.4. The van der Waals surface area contributed by atoms with Crippen LogP contribution in [0.15, 0.2) is 18.2 Å². The van der Waals surface area contributed by atoms with Crippen LogP contribution in [-0.4, -0.2) is 36.0 Å². The summed E-state index contributed by atoms with van der Waals surface area (Å²) in [6, 6.07) is 4.90. The lowest BCUT2D eigenvalue weighted by Crippen LogP contribution is -2.04. The van der Waals surface area contributed by atoms with E-state index in [4.69, 9.17) is 11.6 Å². The second-order valence-electron chi connectivity index (χ2n) is 3.87. The van der Waals surface area contributed by atoms with E-state index in [0.29, 0.717) is 16.5 Å². The lowest BCUT2D eigenvalue weighted by molar-refractivity contribution is 0.471. The first-order valence-corrected chi connectivity index (χ1v) is 6.15. The molecule has 2 rings (SSSR count). The van der Waals surface area contributed by atoms with Crippen molar-refractivity contribution in [2.45, 2.75) is 0 Å². The summed E-state index contributed by atoms with van der Waals surface area (Å²) in [5.74, 6) is 1.49. The molecule has 0 atom stereocenters. The highest BCUT2D eigenvalue weighted by molar-refractivity contribution is 6.30. The van der Waals surface area contributed by atoms with Crippen LogP contribution in [0.5, 0.6) is 5.75 Å². The van der Waals surface area contributed by atoms with E-state index in [0.717, 1.165) is 11.5 Å². The highest BCUT2D eigenvalue weighted by atomic mass is 35.5. The van der Waals surface area contributed by atoms with Crippen molar-refractivity contribution in [3.05, 3.63) is 23.2 Å². The zero-order valence-corrected chi connectivity index (χ0v) is 11.7. The summed E-state index contributed by atoms with van der Waals surface area (Å²) in [5.41, 5.74) is 1.37. The normalized spacial score (nSPS) is 10.3. The number of phenols is 1. The Labute approximate surface area is 116 Å². The van der Waals surface area contributed by atoms with Gasteiger partial charge >= 0.3 is 0 Å². The van der Waals surface area contributed by atoms with Gasteiger partial charge in [0.25, 0.3) is 0 Å². The molecule has 1 aromatic carbocycles. The molecule has 0 aliphatic heterocycles. The van der Waals surface area contributed by atoms with Gasteiger partial charge in [-0.2, -0.15) is 0 Å². The fourth-order valence-electron chi connectivity index (χ4n) is 1.91. The molecular formula is C12H16ClN5O. The van der Waals surface area contributed by atoms with Gasteiger partial charge in [0.1, 0.15) is 17.1 Å². The molecule has 1 aromatic heterocycles. The Morgan fingerprint density at radius 1 is 1.16 bits per heavy atom. The Morgan fingerprint density at radius 2 is 1.89 bits per heavy atom. The lowest BCUT2D eigenvalue weighted by atomic mass is 10.3.